The predicted molar refractivity (Wildman–Crippen MR) is 88.4 cm³/mol. The van der Waals surface area contributed by atoms with Gasteiger partial charge in [-0.2, -0.15) is 5.10 Å². The number of halogens is 1. The summed E-state index contributed by atoms with van der Waals surface area (Å²) < 4.78 is 19.0. The third kappa shape index (κ3) is 3.75. The highest BCUT2D eigenvalue weighted by Gasteiger charge is 2.27. The van der Waals surface area contributed by atoms with Crippen LogP contribution in [0, 0.1) is 19.7 Å². The van der Waals surface area contributed by atoms with Gasteiger partial charge >= 0.3 is 0 Å². The molecule has 24 heavy (non-hydrogen) atoms. The molecular weight excluding hydrogens is 309 g/mol. The highest BCUT2D eigenvalue weighted by molar-refractivity contribution is 5.76. The summed E-state index contributed by atoms with van der Waals surface area (Å²) >= 11 is 0. The van der Waals surface area contributed by atoms with Crippen LogP contribution >= 0.6 is 0 Å². The molecular formula is C18H22FN3O2. The van der Waals surface area contributed by atoms with Crippen LogP contribution in [0.2, 0.25) is 0 Å². The number of aromatic amines is 1. The average molecular weight is 331 g/mol. The molecule has 2 heterocycles. The molecule has 1 amide bonds. The number of likely N-dealkylation sites (tertiary alicyclic amines) is 1. The Labute approximate surface area is 140 Å². The first-order valence-corrected chi connectivity index (χ1v) is 8.23. The molecule has 1 unspecified atom stereocenters. The first kappa shape index (κ1) is 16.5. The highest BCUT2D eigenvalue weighted by atomic mass is 19.1. The van der Waals surface area contributed by atoms with Crippen LogP contribution in [0.5, 0.6) is 5.75 Å². The van der Waals surface area contributed by atoms with Gasteiger partial charge in [-0.3, -0.25) is 9.89 Å². The fourth-order valence-corrected chi connectivity index (χ4v) is 3.12. The first-order chi connectivity index (χ1) is 11.5. The van der Waals surface area contributed by atoms with Gasteiger partial charge in [0.25, 0.3) is 0 Å². The predicted octanol–water partition coefficient (Wildman–Crippen LogP) is 2.78. The fraction of sp³-hybridized carbons (Fsp3) is 0.444. The molecule has 1 N–H and O–H groups in total. The second-order valence-electron chi connectivity index (χ2n) is 6.24. The van der Waals surface area contributed by atoms with Crippen LogP contribution in [-0.2, 0) is 11.2 Å². The Hall–Kier alpha value is -2.37. The Morgan fingerprint density at radius 2 is 2.29 bits per heavy atom. The maximum atomic E-state index is 13.2. The van der Waals surface area contributed by atoms with Crippen LogP contribution in [-0.4, -0.2) is 40.2 Å². The summed E-state index contributed by atoms with van der Waals surface area (Å²) in [5.41, 5.74) is 3.10. The zero-order valence-electron chi connectivity index (χ0n) is 14.0. The van der Waals surface area contributed by atoms with Crippen LogP contribution in [0.4, 0.5) is 4.39 Å². The summed E-state index contributed by atoms with van der Waals surface area (Å²) in [5.74, 6) is 0.323. The standard InChI is InChI=1S/C18H22FN3O2/c1-12-17(13(2)21-20-12)6-7-18(23)22-9-8-16(11-22)24-15-5-3-4-14(19)10-15/h3-5,10,16H,6-9,11H2,1-2H3,(H,20,21). The van der Waals surface area contributed by atoms with E-state index in [0.717, 1.165) is 23.4 Å². The van der Waals surface area contributed by atoms with Crippen molar-refractivity contribution in [3.8, 4) is 5.75 Å². The number of rotatable bonds is 5. The molecule has 3 rings (SSSR count). The number of carbonyl (C=O) groups is 1. The lowest BCUT2D eigenvalue weighted by atomic mass is 10.1. The van der Waals surface area contributed by atoms with E-state index in [0.29, 0.717) is 31.7 Å². The molecule has 1 fully saturated rings. The molecule has 1 aliphatic heterocycles. The Balaban J connectivity index is 1.51. The number of hydrogen-bond acceptors (Lipinski definition) is 3. The summed E-state index contributed by atoms with van der Waals surface area (Å²) in [7, 11) is 0. The molecule has 1 aromatic heterocycles. The normalized spacial score (nSPS) is 17.3. The minimum atomic E-state index is -0.315. The summed E-state index contributed by atoms with van der Waals surface area (Å²) in [6.45, 7) is 5.15. The van der Waals surface area contributed by atoms with Crippen LogP contribution in [0.25, 0.3) is 0 Å². The number of amides is 1. The highest BCUT2D eigenvalue weighted by Crippen LogP contribution is 2.20. The second-order valence-corrected chi connectivity index (χ2v) is 6.24. The monoisotopic (exact) mass is 331 g/mol. The van der Waals surface area contributed by atoms with E-state index >= 15 is 0 Å². The largest absolute Gasteiger partial charge is 0.488 e. The van der Waals surface area contributed by atoms with Gasteiger partial charge in [0.2, 0.25) is 5.91 Å². The van der Waals surface area contributed by atoms with Crippen molar-refractivity contribution in [3.63, 3.8) is 0 Å². The van der Waals surface area contributed by atoms with Crippen molar-refractivity contribution < 1.29 is 13.9 Å². The molecule has 128 valence electrons. The molecule has 1 aromatic carbocycles. The van der Waals surface area contributed by atoms with Gasteiger partial charge in [0.1, 0.15) is 17.7 Å². The average Bonchev–Trinajstić information content (AvgIpc) is 3.13. The van der Waals surface area contributed by atoms with Crippen molar-refractivity contribution in [2.75, 3.05) is 13.1 Å². The number of nitrogens with one attached hydrogen (secondary N) is 1. The lowest BCUT2D eigenvalue weighted by molar-refractivity contribution is -0.130. The van der Waals surface area contributed by atoms with Gasteiger partial charge in [0, 0.05) is 31.1 Å². The quantitative estimate of drug-likeness (QED) is 0.916. The van der Waals surface area contributed by atoms with Gasteiger partial charge in [0.15, 0.2) is 0 Å². The van der Waals surface area contributed by atoms with Crippen LogP contribution < -0.4 is 4.74 Å². The minimum absolute atomic E-state index is 0.0758. The fourth-order valence-electron chi connectivity index (χ4n) is 3.12. The van der Waals surface area contributed by atoms with Crippen LogP contribution in [0.3, 0.4) is 0 Å². The molecule has 0 bridgehead atoms. The summed E-state index contributed by atoms with van der Waals surface area (Å²) in [6.07, 6.45) is 1.85. The Bertz CT molecular complexity index is 709. The third-order valence-corrected chi connectivity index (χ3v) is 4.47. The zero-order valence-corrected chi connectivity index (χ0v) is 14.0. The van der Waals surface area contributed by atoms with E-state index < -0.39 is 0 Å². The maximum Gasteiger partial charge on any atom is 0.223 e. The van der Waals surface area contributed by atoms with Crippen LogP contribution in [0.1, 0.15) is 29.8 Å². The zero-order chi connectivity index (χ0) is 17.1. The van der Waals surface area contributed by atoms with Crippen molar-refractivity contribution in [2.24, 2.45) is 0 Å². The number of aromatic nitrogens is 2. The molecule has 1 aliphatic rings. The molecule has 6 heteroatoms. The molecule has 0 saturated carbocycles. The van der Waals surface area contributed by atoms with Gasteiger partial charge < -0.3 is 9.64 Å². The first-order valence-electron chi connectivity index (χ1n) is 8.23. The number of nitrogens with zero attached hydrogens (tertiary/aromatic N) is 2. The number of ether oxygens (including phenoxy) is 1. The number of aryl methyl sites for hydroxylation is 2. The van der Waals surface area contributed by atoms with Gasteiger partial charge in [-0.15, -0.1) is 0 Å². The van der Waals surface area contributed by atoms with Crippen molar-refractivity contribution >= 4 is 5.91 Å². The van der Waals surface area contributed by atoms with Gasteiger partial charge in [0.05, 0.1) is 12.2 Å². The van der Waals surface area contributed by atoms with Crippen LogP contribution in [0.15, 0.2) is 24.3 Å². The van der Waals surface area contributed by atoms with Gasteiger partial charge in [-0.05, 0) is 38.0 Å². The van der Waals surface area contributed by atoms with Crippen molar-refractivity contribution in [3.05, 3.63) is 47.0 Å². The van der Waals surface area contributed by atoms with E-state index in [-0.39, 0.29) is 17.8 Å². The lowest BCUT2D eigenvalue weighted by Crippen LogP contribution is -2.31. The molecule has 0 radical (unpaired) electrons. The molecule has 1 saturated heterocycles. The number of benzene rings is 1. The smallest absolute Gasteiger partial charge is 0.223 e. The van der Waals surface area contributed by atoms with E-state index in [1.807, 2.05) is 18.7 Å². The number of hydrogen-bond donors (Lipinski definition) is 1. The molecule has 1 atom stereocenters. The maximum absolute atomic E-state index is 13.2. The lowest BCUT2D eigenvalue weighted by Gasteiger charge is -2.17. The molecule has 5 nitrogen and oxygen atoms in total. The Kier molecular flexibility index (Phi) is 4.83. The third-order valence-electron chi connectivity index (χ3n) is 4.47. The molecule has 2 aromatic rings. The number of carbonyl (C=O) groups excluding carboxylic acids is 1. The summed E-state index contributed by atoms with van der Waals surface area (Å²) in [5, 5.41) is 7.10. The van der Waals surface area contributed by atoms with Crippen molar-refractivity contribution in [1.82, 2.24) is 15.1 Å². The minimum Gasteiger partial charge on any atom is -0.488 e. The Morgan fingerprint density at radius 3 is 3.00 bits per heavy atom. The van der Waals surface area contributed by atoms with Crippen molar-refractivity contribution in [2.45, 2.75) is 39.2 Å². The van der Waals surface area contributed by atoms with E-state index in [2.05, 4.69) is 10.2 Å². The van der Waals surface area contributed by atoms with E-state index in [4.69, 9.17) is 4.74 Å². The van der Waals surface area contributed by atoms with Crippen molar-refractivity contribution in [1.29, 1.82) is 0 Å². The Morgan fingerprint density at radius 1 is 1.46 bits per heavy atom. The summed E-state index contributed by atoms with van der Waals surface area (Å²) in [4.78, 5) is 14.2. The number of H-pyrrole nitrogens is 1. The summed E-state index contributed by atoms with van der Waals surface area (Å²) in [6, 6.07) is 6.11. The van der Waals surface area contributed by atoms with E-state index in [9.17, 15) is 9.18 Å². The van der Waals surface area contributed by atoms with Gasteiger partial charge in [-0.1, -0.05) is 6.07 Å². The molecule has 0 spiro atoms. The van der Waals surface area contributed by atoms with Gasteiger partial charge in [-0.25, -0.2) is 4.39 Å². The molecule has 0 aliphatic carbocycles. The van der Waals surface area contributed by atoms with E-state index in [1.54, 1.807) is 12.1 Å². The SMILES string of the molecule is Cc1n[nH]c(C)c1CCC(=O)N1CCC(Oc2cccc(F)c2)C1. The second kappa shape index (κ2) is 7.03. The van der Waals surface area contributed by atoms with E-state index in [1.165, 1.54) is 12.1 Å². The topological polar surface area (TPSA) is 58.2 Å².